The minimum absolute atomic E-state index is 0.321. The third-order valence-electron chi connectivity index (χ3n) is 3.04. The first kappa shape index (κ1) is 16.0. The largest absolute Gasteiger partial charge is 0.480 e. The first-order valence-electron chi connectivity index (χ1n) is 6.46. The molecule has 0 bridgehead atoms. The Balaban J connectivity index is 2.99. The molecular weight excluding hydrogens is 256 g/mol. The van der Waals surface area contributed by atoms with Gasteiger partial charge in [-0.1, -0.05) is 17.7 Å². The average molecular weight is 278 g/mol. The van der Waals surface area contributed by atoms with Gasteiger partial charge in [-0.25, -0.2) is 4.79 Å². The van der Waals surface area contributed by atoms with E-state index < -0.39 is 11.5 Å². The molecule has 5 nitrogen and oxygen atoms in total. The van der Waals surface area contributed by atoms with Crippen molar-refractivity contribution in [3.05, 3.63) is 29.8 Å². The summed E-state index contributed by atoms with van der Waals surface area (Å²) in [5.41, 5.74) is 1.28. The van der Waals surface area contributed by atoms with Crippen LogP contribution in [0.2, 0.25) is 0 Å². The minimum Gasteiger partial charge on any atom is -0.480 e. The van der Waals surface area contributed by atoms with Crippen molar-refractivity contribution in [3.63, 3.8) is 0 Å². The van der Waals surface area contributed by atoms with Gasteiger partial charge in [0.15, 0.2) is 0 Å². The Morgan fingerprint density at radius 2 is 1.65 bits per heavy atom. The van der Waals surface area contributed by atoms with E-state index in [1.54, 1.807) is 7.05 Å². The third-order valence-corrected chi connectivity index (χ3v) is 3.04. The highest BCUT2D eigenvalue weighted by Crippen LogP contribution is 2.20. The van der Waals surface area contributed by atoms with Gasteiger partial charge in [-0.2, -0.15) is 0 Å². The number of benzene rings is 1. The van der Waals surface area contributed by atoms with E-state index in [1.807, 2.05) is 52.0 Å². The molecule has 0 saturated heterocycles. The second-order valence-electron chi connectivity index (χ2n) is 5.83. The molecule has 0 fully saturated rings. The maximum atomic E-state index is 12.5. The summed E-state index contributed by atoms with van der Waals surface area (Å²) in [7, 11) is 1.65. The van der Waals surface area contributed by atoms with E-state index in [1.165, 1.54) is 9.80 Å². The summed E-state index contributed by atoms with van der Waals surface area (Å²) < 4.78 is 0. The molecule has 0 saturated carbocycles. The van der Waals surface area contributed by atoms with Crippen LogP contribution in [0, 0.1) is 6.92 Å². The lowest BCUT2D eigenvalue weighted by molar-refractivity contribution is -0.138. The average Bonchev–Trinajstić information content (AvgIpc) is 2.33. The molecular formula is C15H22N2O3. The lowest BCUT2D eigenvalue weighted by Gasteiger charge is -2.37. The fourth-order valence-corrected chi connectivity index (χ4v) is 1.79. The summed E-state index contributed by atoms with van der Waals surface area (Å²) in [6.45, 7) is 7.10. The molecule has 0 atom stereocenters. The van der Waals surface area contributed by atoms with Gasteiger partial charge in [0.25, 0.3) is 0 Å². The quantitative estimate of drug-likeness (QED) is 0.924. The van der Waals surface area contributed by atoms with Crippen molar-refractivity contribution in [3.8, 4) is 0 Å². The molecule has 0 aliphatic carbocycles. The zero-order valence-electron chi connectivity index (χ0n) is 12.7. The van der Waals surface area contributed by atoms with Crippen LogP contribution in [-0.2, 0) is 4.79 Å². The third kappa shape index (κ3) is 3.98. The Labute approximate surface area is 119 Å². The van der Waals surface area contributed by atoms with Crippen LogP contribution in [0.4, 0.5) is 10.5 Å². The Hall–Kier alpha value is -2.04. The van der Waals surface area contributed by atoms with Crippen LogP contribution >= 0.6 is 0 Å². The molecule has 0 spiro atoms. The second kappa shape index (κ2) is 5.94. The van der Waals surface area contributed by atoms with E-state index in [0.29, 0.717) is 0 Å². The van der Waals surface area contributed by atoms with Gasteiger partial charge in [0.2, 0.25) is 0 Å². The monoisotopic (exact) mass is 278 g/mol. The first-order chi connectivity index (χ1) is 9.12. The van der Waals surface area contributed by atoms with E-state index in [2.05, 4.69) is 0 Å². The number of anilines is 1. The van der Waals surface area contributed by atoms with Gasteiger partial charge in [-0.15, -0.1) is 0 Å². The van der Waals surface area contributed by atoms with Gasteiger partial charge in [-0.3, -0.25) is 9.69 Å². The van der Waals surface area contributed by atoms with Crippen molar-refractivity contribution >= 4 is 17.7 Å². The molecule has 1 rings (SSSR count). The minimum atomic E-state index is -1.02. The predicted molar refractivity (Wildman–Crippen MR) is 79.1 cm³/mol. The highest BCUT2D eigenvalue weighted by Gasteiger charge is 2.30. The van der Waals surface area contributed by atoms with Crippen molar-refractivity contribution in [2.75, 3.05) is 18.5 Å². The zero-order chi connectivity index (χ0) is 15.5. The standard InChI is InChI=1S/C15H22N2O3/c1-11-6-8-12(9-7-11)16(5)14(20)17(10-13(18)19)15(2,3)4/h6-9H,10H2,1-5H3,(H,18,19). The number of hydrogen-bond donors (Lipinski definition) is 1. The predicted octanol–water partition coefficient (Wildman–Crippen LogP) is 2.74. The molecule has 1 N–H and O–H groups in total. The van der Waals surface area contributed by atoms with Gasteiger partial charge in [0.1, 0.15) is 6.54 Å². The van der Waals surface area contributed by atoms with Crippen molar-refractivity contribution in [2.24, 2.45) is 0 Å². The van der Waals surface area contributed by atoms with Crippen LogP contribution in [0.15, 0.2) is 24.3 Å². The van der Waals surface area contributed by atoms with Crippen LogP contribution in [0.25, 0.3) is 0 Å². The zero-order valence-corrected chi connectivity index (χ0v) is 12.7. The summed E-state index contributed by atoms with van der Waals surface area (Å²) in [4.78, 5) is 26.3. The van der Waals surface area contributed by atoms with Crippen LogP contribution in [-0.4, -0.2) is 41.1 Å². The summed E-state index contributed by atoms with van der Waals surface area (Å²) in [5, 5.41) is 8.97. The lowest BCUT2D eigenvalue weighted by atomic mass is 10.1. The number of carboxylic acid groups (broad SMARTS) is 1. The molecule has 110 valence electrons. The van der Waals surface area contributed by atoms with E-state index in [0.717, 1.165) is 11.3 Å². The van der Waals surface area contributed by atoms with E-state index >= 15 is 0 Å². The normalized spacial score (nSPS) is 11.1. The Kier molecular flexibility index (Phi) is 4.76. The second-order valence-corrected chi connectivity index (χ2v) is 5.83. The fraction of sp³-hybridized carbons (Fsp3) is 0.467. The van der Waals surface area contributed by atoms with Crippen LogP contribution in [0.3, 0.4) is 0 Å². The Morgan fingerprint density at radius 1 is 1.15 bits per heavy atom. The van der Waals surface area contributed by atoms with Gasteiger partial charge in [0, 0.05) is 18.3 Å². The number of carbonyl (C=O) groups is 2. The molecule has 20 heavy (non-hydrogen) atoms. The molecule has 5 heteroatoms. The SMILES string of the molecule is Cc1ccc(N(C)C(=O)N(CC(=O)O)C(C)(C)C)cc1. The van der Waals surface area contributed by atoms with Crippen LogP contribution < -0.4 is 4.90 Å². The molecule has 0 radical (unpaired) electrons. The van der Waals surface area contributed by atoms with E-state index in [9.17, 15) is 9.59 Å². The summed E-state index contributed by atoms with van der Waals surface area (Å²) >= 11 is 0. The van der Waals surface area contributed by atoms with E-state index in [-0.39, 0.29) is 12.6 Å². The number of amides is 2. The number of rotatable bonds is 3. The van der Waals surface area contributed by atoms with Gasteiger partial charge in [0.05, 0.1) is 0 Å². The molecule has 0 aliphatic heterocycles. The molecule has 1 aromatic rings. The molecule has 0 heterocycles. The summed E-state index contributed by atoms with van der Waals surface area (Å²) in [6.07, 6.45) is 0. The summed E-state index contributed by atoms with van der Waals surface area (Å²) in [5.74, 6) is -1.02. The first-order valence-corrected chi connectivity index (χ1v) is 6.46. The molecule has 0 aromatic heterocycles. The molecule has 0 unspecified atom stereocenters. The van der Waals surface area contributed by atoms with Crippen molar-refractivity contribution in [1.82, 2.24) is 4.90 Å². The summed E-state index contributed by atoms with van der Waals surface area (Å²) in [6, 6.07) is 7.18. The topological polar surface area (TPSA) is 60.9 Å². The van der Waals surface area contributed by atoms with Gasteiger partial charge < -0.3 is 10.0 Å². The smallest absolute Gasteiger partial charge is 0.325 e. The highest BCUT2D eigenvalue weighted by atomic mass is 16.4. The van der Waals surface area contributed by atoms with Crippen molar-refractivity contribution < 1.29 is 14.7 Å². The lowest BCUT2D eigenvalue weighted by Crippen LogP contribution is -2.53. The van der Waals surface area contributed by atoms with Crippen molar-refractivity contribution in [2.45, 2.75) is 33.2 Å². The van der Waals surface area contributed by atoms with Crippen molar-refractivity contribution in [1.29, 1.82) is 0 Å². The van der Waals surface area contributed by atoms with Crippen LogP contribution in [0.5, 0.6) is 0 Å². The maximum absolute atomic E-state index is 12.5. The number of urea groups is 1. The molecule has 1 aromatic carbocycles. The fourth-order valence-electron chi connectivity index (χ4n) is 1.79. The number of carboxylic acids is 1. The number of aryl methyl sites for hydroxylation is 1. The highest BCUT2D eigenvalue weighted by molar-refractivity contribution is 5.93. The number of hydrogen-bond acceptors (Lipinski definition) is 2. The maximum Gasteiger partial charge on any atom is 0.325 e. The number of nitrogens with zero attached hydrogens (tertiary/aromatic N) is 2. The van der Waals surface area contributed by atoms with Crippen LogP contribution in [0.1, 0.15) is 26.3 Å². The number of carbonyl (C=O) groups excluding carboxylic acids is 1. The van der Waals surface area contributed by atoms with Gasteiger partial charge >= 0.3 is 12.0 Å². The van der Waals surface area contributed by atoms with E-state index in [4.69, 9.17) is 5.11 Å². The van der Waals surface area contributed by atoms with Gasteiger partial charge in [-0.05, 0) is 39.8 Å². The molecule has 2 amide bonds. The Bertz CT molecular complexity index is 489. The Morgan fingerprint density at radius 3 is 2.05 bits per heavy atom. The molecule has 0 aliphatic rings. The number of aliphatic carboxylic acids is 1.